The van der Waals surface area contributed by atoms with Crippen molar-refractivity contribution in [1.29, 1.82) is 0 Å². The number of thiocarbonyl (C=S) groups is 1. The van der Waals surface area contributed by atoms with E-state index in [4.69, 9.17) is 21.7 Å². The first-order valence-electron chi connectivity index (χ1n) is 14.1. The predicted molar refractivity (Wildman–Crippen MR) is 179 cm³/mol. The van der Waals surface area contributed by atoms with Gasteiger partial charge in [0.15, 0.2) is 16.7 Å². The van der Waals surface area contributed by atoms with Crippen LogP contribution in [0.4, 0.5) is 10.1 Å². The third-order valence-electron chi connectivity index (χ3n) is 6.74. The minimum atomic E-state index is -0.584. The van der Waals surface area contributed by atoms with Crippen molar-refractivity contribution in [1.82, 2.24) is 15.3 Å². The minimum absolute atomic E-state index is 0.0502. The van der Waals surface area contributed by atoms with E-state index in [9.17, 15) is 4.79 Å². The van der Waals surface area contributed by atoms with Crippen molar-refractivity contribution in [2.75, 3.05) is 11.9 Å². The van der Waals surface area contributed by atoms with Crippen LogP contribution in [0.25, 0.3) is 20.7 Å². The SMILES string of the molecule is O=C(Cc1ccccc1)NC(=S)Nc1ccc(Oc2ccnc3cc(-c4ccc(OCCc5ccccn5)cc4)sc23)c(F)c1. The number of rotatable bonds is 10. The summed E-state index contributed by atoms with van der Waals surface area (Å²) >= 11 is 6.75. The fraction of sp³-hybridized carbons (Fsp3) is 0.0857. The van der Waals surface area contributed by atoms with Crippen LogP contribution in [-0.4, -0.2) is 27.6 Å². The van der Waals surface area contributed by atoms with Crippen LogP contribution in [0.2, 0.25) is 0 Å². The number of pyridine rings is 2. The molecule has 3 aromatic carbocycles. The van der Waals surface area contributed by atoms with Crippen LogP contribution in [0.15, 0.2) is 116 Å². The molecule has 1 amide bonds. The molecule has 0 saturated heterocycles. The molecule has 0 aliphatic carbocycles. The number of thiophene rings is 1. The number of ether oxygens (including phenoxy) is 2. The molecule has 0 aliphatic heterocycles. The molecule has 0 radical (unpaired) electrons. The van der Waals surface area contributed by atoms with Gasteiger partial charge in [-0.1, -0.05) is 36.4 Å². The number of fused-ring (bicyclic) bond motifs is 1. The quantitative estimate of drug-likeness (QED) is 0.148. The Bertz CT molecular complexity index is 1930. The second-order valence-electron chi connectivity index (χ2n) is 9.99. The molecule has 7 nitrogen and oxygen atoms in total. The molecule has 0 bridgehead atoms. The van der Waals surface area contributed by atoms with Gasteiger partial charge >= 0.3 is 0 Å². The highest BCUT2D eigenvalue weighted by atomic mass is 32.1. The van der Waals surface area contributed by atoms with E-state index in [0.717, 1.165) is 44.1 Å². The summed E-state index contributed by atoms with van der Waals surface area (Å²) in [5.41, 5.74) is 3.99. The number of hydrogen-bond acceptors (Lipinski definition) is 7. The largest absolute Gasteiger partial charge is 0.493 e. The summed E-state index contributed by atoms with van der Waals surface area (Å²) < 4.78 is 27.8. The summed E-state index contributed by atoms with van der Waals surface area (Å²) in [6.45, 7) is 0.537. The zero-order valence-electron chi connectivity index (χ0n) is 23.9. The third-order valence-corrected chi connectivity index (χ3v) is 8.13. The number of carbonyl (C=O) groups is 1. The first-order valence-corrected chi connectivity index (χ1v) is 15.4. The van der Waals surface area contributed by atoms with Gasteiger partial charge in [-0.3, -0.25) is 14.8 Å². The number of carbonyl (C=O) groups excluding carboxylic acids is 1. The fourth-order valence-corrected chi connectivity index (χ4v) is 5.87. The smallest absolute Gasteiger partial charge is 0.230 e. The standard InChI is InChI=1S/C35H27FN4O3S2/c36-28-21-26(39-35(44)40-33(41)20-23-6-2-1-3-7-23)11-14-30(28)43-31-15-18-38-29-22-32(45-34(29)31)24-9-12-27(13-10-24)42-19-16-25-8-4-5-17-37-25/h1-15,17-18,21-22H,16,19-20H2,(H2,39,40,41,44). The number of benzene rings is 3. The minimum Gasteiger partial charge on any atom is -0.493 e. The zero-order valence-corrected chi connectivity index (χ0v) is 25.5. The molecule has 6 rings (SSSR count). The van der Waals surface area contributed by atoms with Gasteiger partial charge < -0.3 is 20.1 Å². The Labute approximate surface area is 268 Å². The molecular formula is C35H27FN4O3S2. The molecule has 0 saturated carbocycles. The van der Waals surface area contributed by atoms with Crippen LogP contribution in [0, 0.1) is 5.82 Å². The number of nitrogens with zero attached hydrogens (tertiary/aromatic N) is 2. The van der Waals surface area contributed by atoms with Crippen molar-refractivity contribution in [2.45, 2.75) is 12.8 Å². The number of aromatic nitrogens is 2. The maximum Gasteiger partial charge on any atom is 0.230 e. The van der Waals surface area contributed by atoms with E-state index >= 15 is 4.39 Å². The maximum atomic E-state index is 15.1. The predicted octanol–water partition coefficient (Wildman–Crippen LogP) is 7.97. The van der Waals surface area contributed by atoms with Crippen LogP contribution in [0.3, 0.4) is 0 Å². The number of hydrogen-bond donors (Lipinski definition) is 2. The van der Waals surface area contributed by atoms with E-state index in [0.29, 0.717) is 18.0 Å². The number of amides is 1. The first-order chi connectivity index (χ1) is 22.0. The zero-order chi connectivity index (χ0) is 31.0. The molecule has 0 fully saturated rings. The van der Waals surface area contributed by atoms with E-state index in [1.807, 2.05) is 78.9 Å². The molecule has 224 valence electrons. The normalized spacial score (nSPS) is 10.8. The second kappa shape index (κ2) is 14.1. The van der Waals surface area contributed by atoms with Crippen LogP contribution in [0.1, 0.15) is 11.3 Å². The number of anilines is 1. The van der Waals surface area contributed by atoms with Gasteiger partial charge in [-0.05, 0) is 77.9 Å². The van der Waals surface area contributed by atoms with Gasteiger partial charge in [0.2, 0.25) is 5.91 Å². The van der Waals surface area contributed by atoms with Gasteiger partial charge in [0.05, 0.1) is 23.2 Å². The highest BCUT2D eigenvalue weighted by Gasteiger charge is 2.14. The Morgan fingerprint density at radius 3 is 2.47 bits per heavy atom. The molecule has 10 heteroatoms. The summed E-state index contributed by atoms with van der Waals surface area (Å²) in [7, 11) is 0. The van der Waals surface area contributed by atoms with Gasteiger partial charge in [0, 0.05) is 47.2 Å². The van der Waals surface area contributed by atoms with Crippen molar-refractivity contribution < 1.29 is 18.7 Å². The van der Waals surface area contributed by atoms with Crippen molar-refractivity contribution in [2.24, 2.45) is 0 Å². The fourth-order valence-electron chi connectivity index (χ4n) is 4.57. The van der Waals surface area contributed by atoms with Crippen LogP contribution < -0.4 is 20.1 Å². The first kappa shape index (κ1) is 29.9. The van der Waals surface area contributed by atoms with Gasteiger partial charge in [-0.15, -0.1) is 11.3 Å². The van der Waals surface area contributed by atoms with Gasteiger partial charge in [-0.2, -0.15) is 0 Å². The van der Waals surface area contributed by atoms with Crippen LogP contribution >= 0.6 is 23.6 Å². The lowest BCUT2D eigenvalue weighted by Crippen LogP contribution is -2.35. The van der Waals surface area contributed by atoms with Gasteiger partial charge in [0.1, 0.15) is 11.5 Å². The van der Waals surface area contributed by atoms with Crippen LogP contribution in [-0.2, 0) is 17.6 Å². The molecule has 0 aliphatic rings. The van der Waals surface area contributed by atoms with Crippen molar-refractivity contribution in [3.63, 3.8) is 0 Å². The highest BCUT2D eigenvalue weighted by molar-refractivity contribution is 7.80. The molecule has 0 atom stereocenters. The molecule has 0 spiro atoms. The molecule has 2 N–H and O–H groups in total. The van der Waals surface area contributed by atoms with E-state index in [1.54, 1.807) is 24.5 Å². The Morgan fingerprint density at radius 1 is 0.867 bits per heavy atom. The average Bonchev–Trinajstić information content (AvgIpc) is 3.49. The van der Waals surface area contributed by atoms with Crippen molar-refractivity contribution in [3.05, 3.63) is 133 Å². The lowest BCUT2D eigenvalue weighted by Gasteiger charge is -2.12. The monoisotopic (exact) mass is 634 g/mol. The molecule has 3 aromatic heterocycles. The van der Waals surface area contributed by atoms with E-state index in [2.05, 4.69) is 20.6 Å². The average molecular weight is 635 g/mol. The topological polar surface area (TPSA) is 85.4 Å². The van der Waals surface area contributed by atoms with E-state index in [-0.39, 0.29) is 23.2 Å². The van der Waals surface area contributed by atoms with Crippen molar-refractivity contribution in [3.8, 4) is 27.7 Å². The Morgan fingerprint density at radius 2 is 1.69 bits per heavy atom. The Kier molecular flexibility index (Phi) is 9.33. The molecule has 3 heterocycles. The van der Waals surface area contributed by atoms with Crippen LogP contribution in [0.5, 0.6) is 17.2 Å². The van der Waals surface area contributed by atoms with Gasteiger partial charge in [0.25, 0.3) is 0 Å². The molecule has 6 aromatic rings. The summed E-state index contributed by atoms with van der Waals surface area (Å²) in [5.74, 6) is 0.473. The molecule has 0 unspecified atom stereocenters. The number of halogens is 1. The maximum absolute atomic E-state index is 15.1. The Balaban J connectivity index is 1.08. The van der Waals surface area contributed by atoms with Crippen molar-refractivity contribution >= 4 is 50.5 Å². The summed E-state index contributed by atoms with van der Waals surface area (Å²) in [6.07, 6.45) is 4.33. The summed E-state index contributed by atoms with van der Waals surface area (Å²) in [4.78, 5) is 22.1. The third kappa shape index (κ3) is 7.86. The summed E-state index contributed by atoms with van der Waals surface area (Å²) in [5, 5.41) is 5.54. The number of nitrogens with one attached hydrogen (secondary N) is 2. The molecular weight excluding hydrogens is 608 g/mol. The highest BCUT2D eigenvalue weighted by Crippen LogP contribution is 2.40. The van der Waals surface area contributed by atoms with E-state index < -0.39 is 5.82 Å². The lowest BCUT2D eigenvalue weighted by molar-refractivity contribution is -0.119. The van der Waals surface area contributed by atoms with E-state index in [1.165, 1.54) is 23.5 Å². The Hall–Kier alpha value is -5.19. The molecule has 45 heavy (non-hydrogen) atoms. The lowest BCUT2D eigenvalue weighted by atomic mass is 10.1. The van der Waals surface area contributed by atoms with Gasteiger partial charge in [-0.25, -0.2) is 4.39 Å². The second-order valence-corrected chi connectivity index (χ2v) is 11.5. The summed E-state index contributed by atoms with van der Waals surface area (Å²) in [6, 6.07) is 31.2.